The maximum Gasteiger partial charge on any atom is 0.197 e. The standard InChI is InChI=1S/C19H15N3O/c1-13-6-8-15(9-7-13)21-18-10-11-20-19(22-18)17-12-14-4-2-3-5-16(14)23-17/h2-12H,1H3,(H,20,21,22). The molecule has 0 aliphatic rings. The van der Waals surface area contributed by atoms with Gasteiger partial charge in [-0.3, -0.25) is 0 Å². The zero-order chi connectivity index (χ0) is 15.6. The van der Waals surface area contributed by atoms with Gasteiger partial charge in [0.15, 0.2) is 11.6 Å². The number of hydrogen-bond acceptors (Lipinski definition) is 4. The van der Waals surface area contributed by atoms with Crippen molar-refractivity contribution in [3.8, 4) is 11.6 Å². The van der Waals surface area contributed by atoms with E-state index in [1.54, 1.807) is 6.20 Å². The SMILES string of the molecule is Cc1ccc(Nc2ccnc(-c3cc4ccccc4o3)n2)cc1. The first-order chi connectivity index (χ1) is 11.3. The molecule has 0 aliphatic heterocycles. The van der Waals surface area contributed by atoms with Crippen LogP contribution in [0.1, 0.15) is 5.56 Å². The Kier molecular flexibility index (Phi) is 3.27. The second-order valence-electron chi connectivity index (χ2n) is 5.40. The molecular formula is C19H15N3O. The molecule has 0 unspecified atom stereocenters. The van der Waals surface area contributed by atoms with Gasteiger partial charge in [-0.15, -0.1) is 0 Å². The highest BCUT2D eigenvalue weighted by Gasteiger charge is 2.09. The van der Waals surface area contributed by atoms with Gasteiger partial charge in [0.2, 0.25) is 0 Å². The Morgan fingerprint density at radius 2 is 1.78 bits per heavy atom. The molecule has 23 heavy (non-hydrogen) atoms. The molecule has 2 aromatic heterocycles. The van der Waals surface area contributed by atoms with Crippen molar-refractivity contribution in [2.45, 2.75) is 6.92 Å². The molecule has 0 bridgehead atoms. The summed E-state index contributed by atoms with van der Waals surface area (Å²) in [6.07, 6.45) is 1.73. The van der Waals surface area contributed by atoms with E-state index in [9.17, 15) is 0 Å². The van der Waals surface area contributed by atoms with Gasteiger partial charge in [0.1, 0.15) is 11.4 Å². The fourth-order valence-electron chi connectivity index (χ4n) is 2.42. The molecule has 4 heteroatoms. The van der Waals surface area contributed by atoms with E-state index >= 15 is 0 Å². The zero-order valence-corrected chi connectivity index (χ0v) is 12.7. The molecule has 4 aromatic rings. The van der Waals surface area contributed by atoms with Crippen LogP contribution in [0.2, 0.25) is 0 Å². The Morgan fingerprint density at radius 3 is 2.61 bits per heavy atom. The minimum atomic E-state index is 0.568. The van der Waals surface area contributed by atoms with Crippen LogP contribution in [0.5, 0.6) is 0 Å². The van der Waals surface area contributed by atoms with E-state index in [1.165, 1.54) is 5.56 Å². The third-order valence-electron chi connectivity index (χ3n) is 3.63. The molecule has 0 radical (unpaired) electrons. The molecule has 0 saturated heterocycles. The maximum absolute atomic E-state index is 5.82. The van der Waals surface area contributed by atoms with Crippen molar-refractivity contribution in [2.24, 2.45) is 0 Å². The number of furan rings is 1. The largest absolute Gasteiger partial charge is 0.453 e. The number of nitrogens with one attached hydrogen (secondary N) is 1. The molecule has 2 heterocycles. The molecule has 0 amide bonds. The second kappa shape index (κ2) is 5.57. The summed E-state index contributed by atoms with van der Waals surface area (Å²) < 4.78 is 5.82. The van der Waals surface area contributed by atoms with E-state index < -0.39 is 0 Å². The third-order valence-corrected chi connectivity index (χ3v) is 3.63. The minimum absolute atomic E-state index is 0.568. The third kappa shape index (κ3) is 2.79. The number of para-hydroxylation sites is 1. The van der Waals surface area contributed by atoms with Gasteiger partial charge in [0.25, 0.3) is 0 Å². The van der Waals surface area contributed by atoms with Crippen LogP contribution in [0, 0.1) is 6.92 Å². The number of hydrogen-bond donors (Lipinski definition) is 1. The number of aryl methyl sites for hydroxylation is 1. The van der Waals surface area contributed by atoms with Crippen LogP contribution in [0.4, 0.5) is 11.5 Å². The number of nitrogens with zero attached hydrogens (tertiary/aromatic N) is 2. The summed E-state index contributed by atoms with van der Waals surface area (Å²) in [5.41, 5.74) is 3.05. The summed E-state index contributed by atoms with van der Waals surface area (Å²) in [6.45, 7) is 2.06. The van der Waals surface area contributed by atoms with E-state index in [0.29, 0.717) is 11.6 Å². The second-order valence-corrected chi connectivity index (χ2v) is 5.40. The quantitative estimate of drug-likeness (QED) is 0.582. The van der Waals surface area contributed by atoms with Crippen LogP contribution >= 0.6 is 0 Å². The normalized spacial score (nSPS) is 10.8. The van der Waals surface area contributed by atoms with Gasteiger partial charge < -0.3 is 9.73 Å². The lowest BCUT2D eigenvalue weighted by Gasteiger charge is -2.06. The summed E-state index contributed by atoms with van der Waals surface area (Å²) in [6, 6.07) is 19.9. The van der Waals surface area contributed by atoms with Gasteiger partial charge in [-0.2, -0.15) is 0 Å². The van der Waals surface area contributed by atoms with Crippen LogP contribution in [-0.2, 0) is 0 Å². The molecular weight excluding hydrogens is 286 g/mol. The van der Waals surface area contributed by atoms with Gasteiger partial charge in [-0.25, -0.2) is 9.97 Å². The number of aromatic nitrogens is 2. The monoisotopic (exact) mass is 301 g/mol. The molecule has 0 fully saturated rings. The summed E-state index contributed by atoms with van der Waals surface area (Å²) in [7, 11) is 0. The Hall–Kier alpha value is -3.14. The maximum atomic E-state index is 5.82. The molecule has 0 spiro atoms. The molecule has 4 nitrogen and oxygen atoms in total. The van der Waals surface area contributed by atoms with Crippen LogP contribution in [0.25, 0.3) is 22.6 Å². The van der Waals surface area contributed by atoms with E-state index in [1.807, 2.05) is 48.5 Å². The highest BCUT2D eigenvalue weighted by Crippen LogP contribution is 2.26. The minimum Gasteiger partial charge on any atom is -0.453 e. The average molecular weight is 301 g/mol. The first kappa shape index (κ1) is 13.5. The van der Waals surface area contributed by atoms with Crippen LogP contribution in [0.3, 0.4) is 0 Å². The summed E-state index contributed by atoms with van der Waals surface area (Å²) in [5, 5.41) is 4.33. The molecule has 1 N–H and O–H groups in total. The molecule has 0 atom stereocenters. The van der Waals surface area contributed by atoms with Crippen molar-refractivity contribution >= 4 is 22.5 Å². The van der Waals surface area contributed by atoms with E-state index in [-0.39, 0.29) is 0 Å². The summed E-state index contributed by atoms with van der Waals surface area (Å²) in [5.74, 6) is 1.97. The van der Waals surface area contributed by atoms with Crippen LogP contribution in [-0.4, -0.2) is 9.97 Å². The average Bonchev–Trinajstić information content (AvgIpc) is 3.01. The van der Waals surface area contributed by atoms with Crippen molar-refractivity contribution in [3.05, 3.63) is 72.4 Å². The highest BCUT2D eigenvalue weighted by atomic mass is 16.3. The van der Waals surface area contributed by atoms with Crippen molar-refractivity contribution in [3.63, 3.8) is 0 Å². The van der Waals surface area contributed by atoms with Gasteiger partial charge in [0, 0.05) is 17.3 Å². The topological polar surface area (TPSA) is 51.0 Å². The van der Waals surface area contributed by atoms with Gasteiger partial charge in [-0.1, -0.05) is 35.9 Å². The lowest BCUT2D eigenvalue weighted by atomic mass is 10.2. The first-order valence-electron chi connectivity index (χ1n) is 7.44. The van der Waals surface area contributed by atoms with Crippen LogP contribution in [0.15, 0.2) is 71.3 Å². The van der Waals surface area contributed by atoms with E-state index in [0.717, 1.165) is 22.5 Å². The summed E-state index contributed by atoms with van der Waals surface area (Å²) >= 11 is 0. The molecule has 0 saturated carbocycles. The zero-order valence-electron chi connectivity index (χ0n) is 12.7. The first-order valence-corrected chi connectivity index (χ1v) is 7.44. The van der Waals surface area contributed by atoms with Gasteiger partial charge in [-0.05, 0) is 37.3 Å². The lowest BCUT2D eigenvalue weighted by Crippen LogP contribution is -1.96. The van der Waals surface area contributed by atoms with Crippen molar-refractivity contribution in [1.82, 2.24) is 9.97 Å². The number of fused-ring (bicyclic) bond motifs is 1. The van der Waals surface area contributed by atoms with Gasteiger partial charge in [0.05, 0.1) is 0 Å². The molecule has 0 aliphatic carbocycles. The number of anilines is 2. The van der Waals surface area contributed by atoms with Crippen molar-refractivity contribution in [1.29, 1.82) is 0 Å². The Bertz CT molecular complexity index is 925. The van der Waals surface area contributed by atoms with Gasteiger partial charge >= 0.3 is 0 Å². The van der Waals surface area contributed by atoms with Crippen molar-refractivity contribution in [2.75, 3.05) is 5.32 Å². The Balaban J connectivity index is 1.66. The smallest absolute Gasteiger partial charge is 0.197 e. The van der Waals surface area contributed by atoms with Crippen molar-refractivity contribution < 1.29 is 4.42 Å². The predicted molar refractivity (Wildman–Crippen MR) is 91.7 cm³/mol. The highest BCUT2D eigenvalue weighted by molar-refractivity contribution is 5.81. The lowest BCUT2D eigenvalue weighted by molar-refractivity contribution is 0.625. The fraction of sp³-hybridized carbons (Fsp3) is 0.0526. The Labute approximate surface area is 133 Å². The molecule has 2 aromatic carbocycles. The molecule has 112 valence electrons. The number of rotatable bonds is 3. The fourth-order valence-corrected chi connectivity index (χ4v) is 2.42. The molecule has 4 rings (SSSR count). The predicted octanol–water partition coefficient (Wildman–Crippen LogP) is 4.94. The Morgan fingerprint density at radius 1 is 0.957 bits per heavy atom. The van der Waals surface area contributed by atoms with E-state index in [4.69, 9.17) is 4.42 Å². The summed E-state index contributed by atoms with van der Waals surface area (Å²) in [4.78, 5) is 8.86. The van der Waals surface area contributed by atoms with Crippen LogP contribution < -0.4 is 5.32 Å². The number of benzene rings is 2. The van der Waals surface area contributed by atoms with E-state index in [2.05, 4.69) is 34.3 Å².